The molecule has 0 unspecified atom stereocenters. The van der Waals surface area contributed by atoms with Crippen molar-refractivity contribution >= 4 is 10.0 Å². The number of hydrogen-bond donors (Lipinski definition) is 1. The van der Waals surface area contributed by atoms with Gasteiger partial charge in [0.25, 0.3) is 5.56 Å². The molecule has 2 N–H and O–H groups in total. The van der Waals surface area contributed by atoms with Gasteiger partial charge in [-0.05, 0) is 49.7 Å². The van der Waals surface area contributed by atoms with E-state index in [1.165, 1.54) is 28.8 Å². The van der Waals surface area contributed by atoms with E-state index in [1.807, 2.05) is 6.07 Å². The van der Waals surface area contributed by atoms with Crippen LogP contribution in [-0.2, 0) is 10.0 Å². The van der Waals surface area contributed by atoms with Gasteiger partial charge in [0, 0.05) is 11.4 Å². The van der Waals surface area contributed by atoms with E-state index in [0.717, 1.165) is 0 Å². The second-order valence-corrected chi connectivity index (χ2v) is 6.20. The summed E-state index contributed by atoms with van der Waals surface area (Å²) in [5.74, 6) is 0. The lowest BCUT2D eigenvalue weighted by atomic mass is 10.1. The zero-order valence-electron chi connectivity index (χ0n) is 11.5. The fraction of sp³-hybridized carbons (Fsp3) is 0.143. The maximum atomic E-state index is 12.3. The Balaban J connectivity index is 2.69. The lowest BCUT2D eigenvalue weighted by Crippen LogP contribution is -2.24. The number of rotatable bonds is 2. The van der Waals surface area contributed by atoms with Gasteiger partial charge in [0.1, 0.15) is 11.6 Å². The highest BCUT2D eigenvalue weighted by Gasteiger charge is 2.13. The largest absolute Gasteiger partial charge is 0.280 e. The first-order valence-corrected chi connectivity index (χ1v) is 7.57. The number of aryl methyl sites for hydroxylation is 2. The van der Waals surface area contributed by atoms with Gasteiger partial charge < -0.3 is 0 Å². The Morgan fingerprint density at radius 1 is 1.19 bits per heavy atom. The van der Waals surface area contributed by atoms with Gasteiger partial charge in [-0.1, -0.05) is 0 Å². The van der Waals surface area contributed by atoms with E-state index in [4.69, 9.17) is 10.4 Å². The first-order valence-electron chi connectivity index (χ1n) is 6.02. The molecule has 0 aliphatic carbocycles. The fourth-order valence-electron chi connectivity index (χ4n) is 2.13. The van der Waals surface area contributed by atoms with Gasteiger partial charge in [-0.3, -0.25) is 9.36 Å². The van der Waals surface area contributed by atoms with Crippen molar-refractivity contribution in [2.75, 3.05) is 0 Å². The van der Waals surface area contributed by atoms with Gasteiger partial charge in [0.2, 0.25) is 10.0 Å². The molecule has 0 atom stereocenters. The van der Waals surface area contributed by atoms with Crippen LogP contribution in [0.1, 0.15) is 16.8 Å². The molecule has 6 nitrogen and oxygen atoms in total. The first kappa shape index (κ1) is 15.0. The van der Waals surface area contributed by atoms with Gasteiger partial charge >= 0.3 is 0 Å². The summed E-state index contributed by atoms with van der Waals surface area (Å²) in [6, 6.07) is 9.21. The first-order chi connectivity index (χ1) is 9.75. The third-order valence-corrected chi connectivity index (χ3v) is 4.05. The summed E-state index contributed by atoms with van der Waals surface area (Å²) in [4.78, 5) is 12.3. The molecule has 0 saturated heterocycles. The van der Waals surface area contributed by atoms with Crippen LogP contribution in [0.25, 0.3) is 5.69 Å². The zero-order valence-corrected chi connectivity index (χ0v) is 12.3. The number of aromatic nitrogens is 1. The van der Waals surface area contributed by atoms with Gasteiger partial charge in [-0.2, -0.15) is 5.26 Å². The average molecular weight is 303 g/mol. The molecular formula is C14H13N3O3S. The van der Waals surface area contributed by atoms with Crippen molar-refractivity contribution in [1.82, 2.24) is 4.57 Å². The van der Waals surface area contributed by atoms with Crippen LogP contribution < -0.4 is 10.7 Å². The number of nitrogens with zero attached hydrogens (tertiary/aromatic N) is 2. The summed E-state index contributed by atoms with van der Waals surface area (Å²) in [6.45, 7) is 3.44. The van der Waals surface area contributed by atoms with Crippen LogP contribution in [-0.4, -0.2) is 13.0 Å². The summed E-state index contributed by atoms with van der Waals surface area (Å²) in [5.41, 5.74) is 1.37. The molecule has 7 heteroatoms. The smallest absolute Gasteiger partial charge is 0.273 e. The van der Waals surface area contributed by atoms with Crippen LogP contribution >= 0.6 is 0 Å². The Morgan fingerprint density at radius 2 is 1.76 bits per heavy atom. The highest BCUT2D eigenvalue weighted by molar-refractivity contribution is 7.89. The Hall–Kier alpha value is -2.43. The van der Waals surface area contributed by atoms with Crippen LogP contribution in [0.3, 0.4) is 0 Å². The maximum Gasteiger partial charge on any atom is 0.273 e. The summed E-state index contributed by atoms with van der Waals surface area (Å²) in [5, 5.41) is 14.1. The number of primary sulfonamides is 1. The van der Waals surface area contributed by atoms with Crippen LogP contribution in [0.15, 0.2) is 40.0 Å². The van der Waals surface area contributed by atoms with E-state index in [-0.39, 0.29) is 10.5 Å². The number of sulfonamides is 1. The minimum absolute atomic E-state index is 0.0374. The maximum absolute atomic E-state index is 12.3. The van der Waals surface area contributed by atoms with E-state index in [0.29, 0.717) is 16.9 Å². The lowest BCUT2D eigenvalue weighted by Gasteiger charge is -2.12. The van der Waals surface area contributed by atoms with Gasteiger partial charge in [0.15, 0.2) is 0 Å². The van der Waals surface area contributed by atoms with Crippen molar-refractivity contribution in [2.45, 2.75) is 18.7 Å². The predicted molar refractivity (Wildman–Crippen MR) is 77.6 cm³/mol. The molecule has 21 heavy (non-hydrogen) atoms. The summed E-state index contributed by atoms with van der Waals surface area (Å²) in [6.07, 6.45) is 0. The second-order valence-electron chi connectivity index (χ2n) is 4.64. The molecule has 0 bridgehead atoms. The van der Waals surface area contributed by atoms with Crippen LogP contribution in [0.5, 0.6) is 0 Å². The Morgan fingerprint density at radius 3 is 2.24 bits per heavy atom. The molecule has 1 aromatic carbocycles. The number of hydrogen-bond acceptors (Lipinski definition) is 4. The van der Waals surface area contributed by atoms with Crippen molar-refractivity contribution in [3.05, 3.63) is 57.5 Å². The molecule has 0 aliphatic rings. The third kappa shape index (κ3) is 2.72. The van der Waals surface area contributed by atoms with E-state index in [1.54, 1.807) is 19.9 Å². The molecule has 0 saturated carbocycles. The highest BCUT2D eigenvalue weighted by atomic mass is 32.2. The quantitative estimate of drug-likeness (QED) is 0.892. The van der Waals surface area contributed by atoms with Crippen LogP contribution in [0.4, 0.5) is 0 Å². The van der Waals surface area contributed by atoms with Crippen molar-refractivity contribution in [1.29, 1.82) is 5.26 Å². The molecule has 108 valence electrons. The van der Waals surface area contributed by atoms with Crippen molar-refractivity contribution in [2.24, 2.45) is 5.14 Å². The summed E-state index contributed by atoms with van der Waals surface area (Å²) < 4.78 is 23.8. The highest BCUT2D eigenvalue weighted by Crippen LogP contribution is 2.14. The van der Waals surface area contributed by atoms with Gasteiger partial charge in [0.05, 0.1) is 4.90 Å². The Kier molecular flexibility index (Phi) is 3.68. The molecule has 1 heterocycles. The van der Waals surface area contributed by atoms with Crippen LogP contribution in [0.2, 0.25) is 0 Å². The normalized spacial score (nSPS) is 11.1. The average Bonchev–Trinajstić information content (AvgIpc) is 2.38. The van der Waals surface area contributed by atoms with Crippen LogP contribution in [0, 0.1) is 25.2 Å². The molecule has 0 radical (unpaired) electrons. The second kappa shape index (κ2) is 5.16. The number of pyridine rings is 1. The fourth-order valence-corrected chi connectivity index (χ4v) is 2.65. The summed E-state index contributed by atoms with van der Waals surface area (Å²) >= 11 is 0. The molecule has 0 fully saturated rings. The lowest BCUT2D eigenvalue weighted by molar-refractivity contribution is 0.598. The molecule has 0 amide bonds. The van der Waals surface area contributed by atoms with E-state index < -0.39 is 15.6 Å². The minimum atomic E-state index is -3.78. The Bertz CT molecular complexity index is 904. The number of nitrogens with two attached hydrogens (primary N) is 1. The molecule has 2 aromatic rings. The molecule has 0 spiro atoms. The predicted octanol–water partition coefficient (Wildman–Crippen LogP) is 0.973. The van der Waals surface area contributed by atoms with E-state index in [9.17, 15) is 13.2 Å². The minimum Gasteiger partial charge on any atom is -0.280 e. The third-order valence-electron chi connectivity index (χ3n) is 3.12. The molecular weight excluding hydrogens is 290 g/mol. The standard InChI is InChI=1S/C14H13N3O3S/c1-9-7-10(2)17(14(18)13(9)8-15)11-3-5-12(6-4-11)21(16,19)20/h3-7H,1-2H3,(H2,16,19,20). The van der Waals surface area contributed by atoms with Crippen molar-refractivity contribution < 1.29 is 8.42 Å². The number of benzene rings is 1. The molecule has 1 aromatic heterocycles. The number of nitriles is 1. The van der Waals surface area contributed by atoms with E-state index in [2.05, 4.69) is 0 Å². The molecule has 2 rings (SSSR count). The monoisotopic (exact) mass is 303 g/mol. The topological polar surface area (TPSA) is 106 Å². The van der Waals surface area contributed by atoms with Crippen molar-refractivity contribution in [3.63, 3.8) is 0 Å². The zero-order chi connectivity index (χ0) is 15.8. The SMILES string of the molecule is Cc1cc(C)n(-c2ccc(S(N)(=O)=O)cc2)c(=O)c1C#N. The van der Waals surface area contributed by atoms with Crippen molar-refractivity contribution in [3.8, 4) is 11.8 Å². The Labute approximate surface area is 122 Å². The van der Waals surface area contributed by atoms with Gasteiger partial charge in [-0.15, -0.1) is 0 Å². The molecule has 0 aliphatic heterocycles. The van der Waals surface area contributed by atoms with E-state index >= 15 is 0 Å². The van der Waals surface area contributed by atoms with Gasteiger partial charge in [-0.25, -0.2) is 13.6 Å². The summed E-state index contributed by atoms with van der Waals surface area (Å²) in [7, 11) is -3.78.